The Balaban J connectivity index is 1.71. The Morgan fingerprint density at radius 2 is 1.79 bits per heavy atom. The van der Waals surface area contributed by atoms with E-state index >= 15 is 0 Å². The Labute approximate surface area is 201 Å². The average Bonchev–Trinajstić information content (AvgIpc) is 3.39. The van der Waals surface area contributed by atoms with Crippen molar-refractivity contribution in [3.05, 3.63) is 76.4 Å². The molecule has 0 amide bonds. The Morgan fingerprint density at radius 1 is 1.06 bits per heavy atom. The molecule has 34 heavy (non-hydrogen) atoms. The van der Waals surface area contributed by atoms with Gasteiger partial charge in [-0.3, -0.25) is 9.29 Å². The molecular formula is C21H16ClF3N4O3S2. The van der Waals surface area contributed by atoms with Gasteiger partial charge in [-0.1, -0.05) is 35.9 Å². The van der Waals surface area contributed by atoms with Gasteiger partial charge in [-0.15, -0.1) is 21.5 Å². The van der Waals surface area contributed by atoms with Crippen LogP contribution in [0.15, 0.2) is 60.7 Å². The number of anilines is 1. The summed E-state index contributed by atoms with van der Waals surface area (Å²) in [7, 11) is -3.94. The fraction of sp³-hybridized carbons (Fsp3) is 0.143. The van der Waals surface area contributed by atoms with Crippen LogP contribution in [0.3, 0.4) is 0 Å². The van der Waals surface area contributed by atoms with Gasteiger partial charge in [-0.05, 0) is 48.4 Å². The van der Waals surface area contributed by atoms with Crippen LogP contribution in [0.25, 0.3) is 16.4 Å². The Bertz CT molecular complexity index is 1390. The number of aryl methyl sites for hydroxylation is 1. The number of hydrogen-bond acceptors (Lipinski definition) is 6. The molecule has 0 aliphatic heterocycles. The average molecular weight is 529 g/mol. The predicted molar refractivity (Wildman–Crippen MR) is 124 cm³/mol. The van der Waals surface area contributed by atoms with Gasteiger partial charge < -0.3 is 4.74 Å². The Kier molecular flexibility index (Phi) is 7.10. The molecule has 0 unspecified atom stereocenters. The molecule has 178 valence electrons. The summed E-state index contributed by atoms with van der Waals surface area (Å²) in [5.74, 6) is -0.739. The van der Waals surface area contributed by atoms with E-state index in [0.29, 0.717) is 9.90 Å². The summed E-state index contributed by atoms with van der Waals surface area (Å²) >= 11 is 6.60. The summed E-state index contributed by atoms with van der Waals surface area (Å²) in [6.45, 7) is -3.13. The summed E-state index contributed by atoms with van der Waals surface area (Å²) in [4.78, 5) is 0.309. The van der Waals surface area contributed by atoms with E-state index in [9.17, 15) is 21.6 Å². The van der Waals surface area contributed by atoms with E-state index in [1.807, 2.05) is 0 Å². The Morgan fingerprint density at radius 3 is 2.47 bits per heavy atom. The topological polar surface area (TPSA) is 86.1 Å². The quantitative estimate of drug-likeness (QED) is 0.315. The Hall–Kier alpha value is -3.09. The fourth-order valence-electron chi connectivity index (χ4n) is 3.10. The molecule has 0 bridgehead atoms. The van der Waals surface area contributed by atoms with Gasteiger partial charge in [0.2, 0.25) is 16.0 Å². The molecule has 0 aliphatic carbocycles. The van der Waals surface area contributed by atoms with Gasteiger partial charge in [0.05, 0.1) is 16.3 Å². The highest BCUT2D eigenvalue weighted by atomic mass is 35.5. The van der Waals surface area contributed by atoms with Crippen LogP contribution in [-0.4, -0.2) is 35.5 Å². The van der Waals surface area contributed by atoms with E-state index in [0.717, 1.165) is 16.9 Å². The molecular weight excluding hydrogens is 513 g/mol. The lowest BCUT2D eigenvalue weighted by Gasteiger charge is -2.15. The van der Waals surface area contributed by atoms with Gasteiger partial charge >= 0.3 is 6.61 Å². The van der Waals surface area contributed by atoms with Crippen LogP contribution in [-0.2, 0) is 16.4 Å². The van der Waals surface area contributed by atoms with Crippen molar-refractivity contribution in [2.45, 2.75) is 13.0 Å². The van der Waals surface area contributed by atoms with Crippen LogP contribution >= 0.6 is 22.9 Å². The van der Waals surface area contributed by atoms with Crippen LogP contribution < -0.4 is 9.46 Å². The van der Waals surface area contributed by atoms with Crippen molar-refractivity contribution in [2.24, 2.45) is 0 Å². The molecule has 2 aromatic heterocycles. The highest BCUT2D eigenvalue weighted by molar-refractivity contribution is 7.92. The minimum atomic E-state index is -3.94. The van der Waals surface area contributed by atoms with Gasteiger partial charge in [0.1, 0.15) is 5.75 Å². The lowest BCUT2D eigenvalue weighted by atomic mass is 10.2. The van der Waals surface area contributed by atoms with Gasteiger partial charge in [0.25, 0.3) is 0 Å². The van der Waals surface area contributed by atoms with E-state index in [1.54, 1.807) is 30.3 Å². The summed E-state index contributed by atoms with van der Waals surface area (Å²) in [5, 5.41) is 7.90. The number of hydrogen-bond donors (Lipinski definition) is 1. The molecule has 2 heterocycles. The lowest BCUT2D eigenvalue weighted by molar-refractivity contribution is -0.0498. The number of thiophene rings is 1. The molecule has 13 heteroatoms. The number of ether oxygens (including phenoxy) is 1. The predicted octanol–water partition coefficient (Wildman–Crippen LogP) is 5.37. The largest absolute Gasteiger partial charge is 0.433 e. The number of rotatable bonds is 9. The van der Waals surface area contributed by atoms with Crippen molar-refractivity contribution in [1.82, 2.24) is 14.8 Å². The first-order valence-corrected chi connectivity index (χ1v) is 12.6. The van der Waals surface area contributed by atoms with Crippen molar-refractivity contribution in [2.75, 3.05) is 10.5 Å². The summed E-state index contributed by atoms with van der Waals surface area (Å²) in [5.41, 5.74) is 0.800. The fourth-order valence-corrected chi connectivity index (χ4v) is 4.95. The molecule has 7 nitrogen and oxygen atoms in total. The highest BCUT2D eigenvalue weighted by Crippen LogP contribution is 2.34. The minimum Gasteiger partial charge on any atom is -0.433 e. The highest BCUT2D eigenvalue weighted by Gasteiger charge is 2.24. The molecule has 4 aromatic rings. The van der Waals surface area contributed by atoms with E-state index in [-0.39, 0.29) is 35.4 Å². The first-order valence-electron chi connectivity index (χ1n) is 9.72. The second-order valence-electron chi connectivity index (χ2n) is 6.93. The van der Waals surface area contributed by atoms with Gasteiger partial charge in [0.15, 0.2) is 11.0 Å². The smallest absolute Gasteiger partial charge is 0.387 e. The van der Waals surface area contributed by atoms with Crippen LogP contribution in [0.4, 0.5) is 19.1 Å². The maximum absolute atomic E-state index is 13.7. The molecule has 0 saturated heterocycles. The molecule has 0 spiro atoms. The third kappa shape index (κ3) is 5.69. The molecule has 0 radical (unpaired) electrons. The first-order chi connectivity index (χ1) is 16.2. The number of nitrogens with one attached hydrogen (secondary N) is 1. The molecule has 0 atom stereocenters. The number of sulfonamides is 1. The summed E-state index contributed by atoms with van der Waals surface area (Å²) < 4.78 is 73.4. The lowest BCUT2D eigenvalue weighted by Crippen LogP contribution is -2.21. The van der Waals surface area contributed by atoms with Crippen LogP contribution in [0.5, 0.6) is 5.75 Å². The summed E-state index contributed by atoms with van der Waals surface area (Å²) in [6.07, 6.45) is 0.189. The minimum absolute atomic E-state index is 0.0482. The van der Waals surface area contributed by atoms with Crippen LogP contribution in [0, 0.1) is 5.13 Å². The second kappa shape index (κ2) is 10.0. The van der Waals surface area contributed by atoms with Crippen molar-refractivity contribution in [3.8, 4) is 22.1 Å². The number of para-hydroxylation sites is 2. The number of benzene rings is 2. The first kappa shape index (κ1) is 24.0. The number of halogens is 4. The zero-order valence-electron chi connectivity index (χ0n) is 17.2. The zero-order valence-corrected chi connectivity index (χ0v) is 19.5. The SMILES string of the molecule is O=S(=O)(CCc1ccc(Cl)cc1)Nc1nnc(-c2ccc(F)s2)n1-c1ccccc1OC(F)F. The molecule has 2 aromatic carbocycles. The standard InChI is InChI=1S/C21H16ClF3N4O3S2/c22-14-7-5-13(6-8-14)11-12-34(30,31)28-21-27-26-19(17-9-10-18(23)33-17)29(21)15-3-1-2-4-16(15)32-20(24)25/h1-10,20H,11-12H2,(H,27,28). The maximum Gasteiger partial charge on any atom is 0.387 e. The molecule has 0 aliphatic rings. The maximum atomic E-state index is 13.7. The van der Waals surface area contributed by atoms with E-state index in [1.165, 1.54) is 34.9 Å². The number of aromatic nitrogens is 3. The second-order valence-corrected chi connectivity index (χ2v) is 10.2. The van der Waals surface area contributed by atoms with Gasteiger partial charge in [-0.25, -0.2) is 8.42 Å². The van der Waals surface area contributed by atoms with Gasteiger partial charge in [-0.2, -0.15) is 13.2 Å². The van der Waals surface area contributed by atoms with Crippen LogP contribution in [0.1, 0.15) is 5.56 Å². The van der Waals surface area contributed by atoms with Crippen LogP contribution in [0.2, 0.25) is 5.02 Å². The monoisotopic (exact) mass is 528 g/mol. The molecule has 0 fully saturated rings. The molecule has 1 N–H and O–H groups in total. The van der Waals surface area contributed by atoms with Crippen molar-refractivity contribution >= 4 is 38.9 Å². The third-order valence-corrected chi connectivity index (χ3v) is 6.96. The third-order valence-electron chi connectivity index (χ3n) is 4.60. The van der Waals surface area contributed by atoms with E-state index in [2.05, 4.69) is 19.7 Å². The van der Waals surface area contributed by atoms with Crippen molar-refractivity contribution < 1.29 is 26.3 Å². The number of alkyl halides is 2. The van der Waals surface area contributed by atoms with E-state index < -0.39 is 21.8 Å². The van der Waals surface area contributed by atoms with Crippen molar-refractivity contribution in [3.63, 3.8) is 0 Å². The summed E-state index contributed by atoms with van der Waals surface area (Å²) in [6, 6.07) is 15.1. The molecule has 0 saturated carbocycles. The van der Waals surface area contributed by atoms with E-state index in [4.69, 9.17) is 11.6 Å². The number of nitrogens with zero attached hydrogens (tertiary/aromatic N) is 3. The molecule has 4 rings (SSSR count). The van der Waals surface area contributed by atoms with Gasteiger partial charge in [0, 0.05) is 5.02 Å². The normalized spacial score (nSPS) is 11.7. The van der Waals surface area contributed by atoms with Crippen molar-refractivity contribution in [1.29, 1.82) is 0 Å². The zero-order chi connectivity index (χ0) is 24.3.